The van der Waals surface area contributed by atoms with Crippen molar-refractivity contribution in [3.8, 4) is 11.1 Å². The summed E-state index contributed by atoms with van der Waals surface area (Å²) in [6.45, 7) is 1.50. The molecule has 0 unspecified atom stereocenters. The van der Waals surface area contributed by atoms with Crippen LogP contribution in [0.3, 0.4) is 0 Å². The monoisotopic (exact) mass is 395 g/mol. The summed E-state index contributed by atoms with van der Waals surface area (Å²) in [6.07, 6.45) is 0. The van der Waals surface area contributed by atoms with Gasteiger partial charge in [-0.05, 0) is 42.3 Å². The summed E-state index contributed by atoms with van der Waals surface area (Å²) in [7, 11) is -2.40. The van der Waals surface area contributed by atoms with E-state index >= 15 is 0 Å². The molecule has 2 aromatic carbocycles. The lowest BCUT2D eigenvalue weighted by atomic mass is 10.1. The summed E-state index contributed by atoms with van der Waals surface area (Å²) >= 11 is 0. The molecule has 144 valence electrons. The maximum Gasteiger partial charge on any atom is 0.243 e. The first kappa shape index (κ1) is 19.7. The molecule has 0 aliphatic heterocycles. The largest absolute Gasteiger partial charge is 0.310 e. The van der Waals surface area contributed by atoms with Crippen LogP contribution < -0.4 is 5.32 Å². The molecule has 1 N–H and O–H groups in total. The third-order valence-electron chi connectivity index (χ3n) is 4.19. The number of anilines is 1. The van der Waals surface area contributed by atoms with Crippen molar-refractivity contribution in [1.82, 2.24) is 9.29 Å². The molecule has 0 saturated carbocycles. The molecule has 1 heterocycles. The van der Waals surface area contributed by atoms with Crippen LogP contribution in [0.5, 0.6) is 0 Å². The van der Waals surface area contributed by atoms with Gasteiger partial charge in [-0.25, -0.2) is 13.4 Å². The summed E-state index contributed by atoms with van der Waals surface area (Å²) in [5.74, 6) is -0.0620. The number of amides is 1. The molecule has 0 aliphatic rings. The normalized spacial score (nSPS) is 11.4. The molecule has 3 aromatic rings. The van der Waals surface area contributed by atoms with E-state index in [2.05, 4.69) is 10.3 Å². The molecule has 1 amide bonds. The van der Waals surface area contributed by atoms with Crippen molar-refractivity contribution < 1.29 is 13.2 Å². The van der Waals surface area contributed by atoms with E-state index in [-0.39, 0.29) is 11.4 Å². The zero-order valence-corrected chi connectivity index (χ0v) is 16.5. The molecule has 0 radical (unpaired) electrons. The zero-order chi connectivity index (χ0) is 20.1. The SMILES string of the molecule is Cc1cccc(NC(=O)CN(C)S(=O)(=O)c2ccc(-c3ccccc3)cc2)n1. The molecule has 7 heteroatoms. The minimum atomic E-state index is -3.78. The topological polar surface area (TPSA) is 79.4 Å². The van der Waals surface area contributed by atoms with Crippen molar-refractivity contribution in [2.45, 2.75) is 11.8 Å². The number of nitrogens with one attached hydrogen (secondary N) is 1. The van der Waals surface area contributed by atoms with Gasteiger partial charge in [0.05, 0.1) is 11.4 Å². The van der Waals surface area contributed by atoms with Crippen LogP contribution >= 0.6 is 0 Å². The van der Waals surface area contributed by atoms with E-state index in [1.807, 2.05) is 43.3 Å². The van der Waals surface area contributed by atoms with Gasteiger partial charge in [0.2, 0.25) is 15.9 Å². The molecule has 0 bridgehead atoms. The van der Waals surface area contributed by atoms with Crippen LogP contribution in [-0.4, -0.2) is 37.2 Å². The van der Waals surface area contributed by atoms with Gasteiger partial charge in [0.15, 0.2) is 0 Å². The van der Waals surface area contributed by atoms with Crippen molar-refractivity contribution in [3.63, 3.8) is 0 Å². The van der Waals surface area contributed by atoms with Gasteiger partial charge in [-0.2, -0.15) is 4.31 Å². The molecule has 0 atom stereocenters. The number of benzene rings is 2. The zero-order valence-electron chi connectivity index (χ0n) is 15.7. The highest BCUT2D eigenvalue weighted by atomic mass is 32.2. The Balaban J connectivity index is 1.70. The van der Waals surface area contributed by atoms with E-state index in [9.17, 15) is 13.2 Å². The van der Waals surface area contributed by atoms with Gasteiger partial charge >= 0.3 is 0 Å². The second-order valence-electron chi connectivity index (χ2n) is 6.36. The highest BCUT2D eigenvalue weighted by Gasteiger charge is 2.23. The number of aromatic nitrogens is 1. The van der Waals surface area contributed by atoms with E-state index in [1.54, 1.807) is 36.4 Å². The lowest BCUT2D eigenvalue weighted by Gasteiger charge is -2.17. The number of hydrogen-bond acceptors (Lipinski definition) is 4. The fourth-order valence-electron chi connectivity index (χ4n) is 2.71. The molecule has 3 rings (SSSR count). The third-order valence-corrected chi connectivity index (χ3v) is 6.01. The predicted octanol–water partition coefficient (Wildman–Crippen LogP) is 3.32. The summed E-state index contributed by atoms with van der Waals surface area (Å²) in [6, 6.07) is 21.5. The van der Waals surface area contributed by atoms with Crippen molar-refractivity contribution >= 4 is 21.7 Å². The quantitative estimate of drug-likeness (QED) is 0.694. The van der Waals surface area contributed by atoms with Gasteiger partial charge in [0.25, 0.3) is 0 Å². The molecular weight excluding hydrogens is 374 g/mol. The standard InChI is InChI=1S/C21H21N3O3S/c1-16-7-6-10-20(22-16)23-21(25)15-24(2)28(26,27)19-13-11-18(12-14-19)17-8-4-3-5-9-17/h3-14H,15H2,1-2H3,(H,22,23,25). The molecule has 0 aliphatic carbocycles. The van der Waals surface area contributed by atoms with Crippen LogP contribution in [0.25, 0.3) is 11.1 Å². The molecule has 1 aromatic heterocycles. The number of aryl methyl sites for hydroxylation is 1. The number of rotatable bonds is 6. The van der Waals surface area contributed by atoms with Gasteiger partial charge in [0, 0.05) is 12.7 Å². The van der Waals surface area contributed by atoms with E-state index < -0.39 is 15.9 Å². The van der Waals surface area contributed by atoms with Gasteiger partial charge in [-0.3, -0.25) is 4.79 Å². The average Bonchev–Trinajstić information content (AvgIpc) is 2.68. The van der Waals surface area contributed by atoms with Crippen molar-refractivity contribution in [1.29, 1.82) is 0 Å². The Morgan fingerprint density at radius 1 is 0.929 bits per heavy atom. The number of carbonyl (C=O) groups excluding carboxylic acids is 1. The number of nitrogens with zero attached hydrogens (tertiary/aromatic N) is 2. The number of hydrogen-bond donors (Lipinski definition) is 1. The average molecular weight is 395 g/mol. The molecule has 6 nitrogen and oxygen atoms in total. The summed E-state index contributed by atoms with van der Waals surface area (Å²) < 4.78 is 26.5. The smallest absolute Gasteiger partial charge is 0.243 e. The minimum absolute atomic E-state index is 0.135. The van der Waals surface area contributed by atoms with Crippen LogP contribution in [-0.2, 0) is 14.8 Å². The lowest BCUT2D eigenvalue weighted by Crippen LogP contribution is -2.35. The summed E-state index contributed by atoms with van der Waals surface area (Å²) in [4.78, 5) is 16.5. The highest BCUT2D eigenvalue weighted by molar-refractivity contribution is 7.89. The van der Waals surface area contributed by atoms with Crippen LogP contribution in [0.4, 0.5) is 5.82 Å². The lowest BCUT2D eigenvalue weighted by molar-refractivity contribution is -0.116. The number of likely N-dealkylation sites (N-methyl/N-ethyl adjacent to an activating group) is 1. The summed E-state index contributed by atoms with van der Waals surface area (Å²) in [5, 5.41) is 2.61. The van der Waals surface area contributed by atoms with E-state index in [4.69, 9.17) is 0 Å². The first-order chi connectivity index (χ1) is 13.4. The maximum atomic E-state index is 12.8. The van der Waals surface area contributed by atoms with Gasteiger partial charge in [-0.1, -0.05) is 48.5 Å². The fraction of sp³-hybridized carbons (Fsp3) is 0.143. The Kier molecular flexibility index (Phi) is 5.87. The van der Waals surface area contributed by atoms with Crippen LogP contribution in [0.15, 0.2) is 77.7 Å². The molecule has 28 heavy (non-hydrogen) atoms. The van der Waals surface area contributed by atoms with Crippen LogP contribution in [0.1, 0.15) is 5.69 Å². The summed E-state index contributed by atoms with van der Waals surface area (Å²) in [5.41, 5.74) is 2.69. The first-order valence-corrected chi connectivity index (χ1v) is 10.2. The Labute approximate surface area is 164 Å². The van der Waals surface area contributed by atoms with E-state index in [0.717, 1.165) is 21.1 Å². The predicted molar refractivity (Wildman–Crippen MR) is 109 cm³/mol. The highest BCUT2D eigenvalue weighted by Crippen LogP contribution is 2.22. The number of pyridine rings is 1. The first-order valence-electron chi connectivity index (χ1n) is 8.71. The molecule has 0 spiro atoms. The third kappa shape index (κ3) is 4.62. The van der Waals surface area contributed by atoms with Gasteiger partial charge in [0.1, 0.15) is 5.82 Å². The second-order valence-corrected chi connectivity index (χ2v) is 8.41. The number of carbonyl (C=O) groups is 1. The van der Waals surface area contributed by atoms with Crippen LogP contribution in [0.2, 0.25) is 0 Å². The maximum absolute atomic E-state index is 12.8. The van der Waals surface area contributed by atoms with Gasteiger partial charge < -0.3 is 5.32 Å². The molecule has 0 saturated heterocycles. The van der Waals surface area contributed by atoms with E-state index in [1.165, 1.54) is 7.05 Å². The molecule has 0 fully saturated rings. The number of sulfonamides is 1. The Hall–Kier alpha value is -3.03. The Bertz CT molecular complexity index is 1070. The van der Waals surface area contributed by atoms with Crippen molar-refractivity contribution in [2.75, 3.05) is 18.9 Å². The van der Waals surface area contributed by atoms with E-state index in [0.29, 0.717) is 5.82 Å². The van der Waals surface area contributed by atoms with Crippen LogP contribution in [0, 0.1) is 6.92 Å². The second kappa shape index (κ2) is 8.33. The molecular formula is C21H21N3O3S. The van der Waals surface area contributed by atoms with Crippen molar-refractivity contribution in [2.24, 2.45) is 0 Å². The Morgan fingerprint density at radius 2 is 1.57 bits per heavy atom. The Morgan fingerprint density at radius 3 is 2.21 bits per heavy atom. The van der Waals surface area contributed by atoms with Crippen molar-refractivity contribution in [3.05, 3.63) is 78.5 Å². The minimum Gasteiger partial charge on any atom is -0.310 e. The fourth-order valence-corrected chi connectivity index (χ4v) is 3.84. The van der Waals surface area contributed by atoms with Gasteiger partial charge in [-0.15, -0.1) is 0 Å².